The molecule has 0 N–H and O–H groups in total. The predicted octanol–water partition coefficient (Wildman–Crippen LogP) is 2.92. The molecule has 3 nitrogen and oxygen atoms in total. The molecule has 15 heavy (non-hydrogen) atoms. The molecule has 0 fully saturated rings. The van der Waals surface area contributed by atoms with Crippen LogP contribution in [0.2, 0.25) is 25.7 Å². The molecule has 5 heteroatoms. The molecule has 1 aromatic rings. The highest BCUT2D eigenvalue weighted by atomic mass is 32.2. The van der Waals surface area contributed by atoms with Crippen molar-refractivity contribution >= 4 is 19.8 Å². The first-order valence-electron chi connectivity index (χ1n) is 5.16. The van der Waals surface area contributed by atoms with Crippen molar-refractivity contribution in [1.29, 1.82) is 0 Å². The number of hydrogen-bond donors (Lipinski definition) is 0. The molecular formula is C10H20N2OSSi. The van der Waals surface area contributed by atoms with Crippen LogP contribution in [0.3, 0.4) is 0 Å². The summed E-state index contributed by atoms with van der Waals surface area (Å²) in [5.74, 6) is 0. The van der Waals surface area contributed by atoms with Gasteiger partial charge in [0.25, 0.3) is 0 Å². The van der Waals surface area contributed by atoms with E-state index in [-0.39, 0.29) is 0 Å². The Balaban J connectivity index is 2.20. The summed E-state index contributed by atoms with van der Waals surface area (Å²) >= 11 is 1.65. The number of rotatable bonds is 6. The largest absolute Gasteiger partial charge is 0.360 e. The Morgan fingerprint density at radius 3 is 2.73 bits per heavy atom. The van der Waals surface area contributed by atoms with E-state index in [1.54, 1.807) is 11.8 Å². The van der Waals surface area contributed by atoms with Crippen molar-refractivity contribution in [2.75, 3.05) is 12.9 Å². The van der Waals surface area contributed by atoms with E-state index in [0.717, 1.165) is 11.6 Å². The monoisotopic (exact) mass is 244 g/mol. The molecule has 0 aromatic carbocycles. The van der Waals surface area contributed by atoms with Crippen LogP contribution in [-0.4, -0.2) is 30.7 Å². The summed E-state index contributed by atoms with van der Waals surface area (Å²) in [4.78, 5) is 0. The minimum atomic E-state index is -0.956. The minimum Gasteiger partial charge on any atom is -0.360 e. The Bertz CT molecular complexity index is 296. The fourth-order valence-electron chi connectivity index (χ4n) is 1.06. The van der Waals surface area contributed by atoms with Crippen LogP contribution in [0.1, 0.15) is 0 Å². The molecule has 1 aromatic heterocycles. The van der Waals surface area contributed by atoms with Crippen molar-refractivity contribution in [2.45, 2.75) is 37.4 Å². The van der Waals surface area contributed by atoms with Crippen molar-refractivity contribution in [3.63, 3.8) is 0 Å². The quantitative estimate of drug-likeness (QED) is 0.437. The summed E-state index contributed by atoms with van der Waals surface area (Å²) in [7, 11) is -0.956. The second kappa shape index (κ2) is 5.72. The summed E-state index contributed by atoms with van der Waals surface area (Å²) in [6.45, 7) is 8.50. The van der Waals surface area contributed by atoms with E-state index < -0.39 is 8.07 Å². The number of thioether (sulfide) groups is 1. The molecule has 0 aliphatic carbocycles. The summed E-state index contributed by atoms with van der Waals surface area (Å²) in [5, 5.41) is 5.37. The predicted molar refractivity (Wildman–Crippen MR) is 68.1 cm³/mol. The fourth-order valence-corrected chi connectivity index (χ4v) is 2.20. The zero-order chi connectivity index (χ0) is 11.3. The average molecular weight is 244 g/mol. The molecule has 0 aliphatic rings. The van der Waals surface area contributed by atoms with Crippen LogP contribution in [0.25, 0.3) is 0 Å². The molecule has 0 amide bonds. The van der Waals surface area contributed by atoms with Crippen molar-refractivity contribution in [3.05, 3.63) is 12.3 Å². The number of aromatic nitrogens is 2. The smallest absolute Gasteiger partial charge is 0.139 e. The van der Waals surface area contributed by atoms with Crippen LogP contribution >= 0.6 is 11.8 Å². The molecular weight excluding hydrogens is 224 g/mol. The van der Waals surface area contributed by atoms with E-state index in [1.165, 1.54) is 6.04 Å². The molecule has 0 spiro atoms. The molecule has 0 atom stereocenters. The first-order valence-corrected chi connectivity index (χ1v) is 10.1. The van der Waals surface area contributed by atoms with Crippen LogP contribution in [0, 0.1) is 0 Å². The standard InChI is InChI=1S/C10H20N2OSSi/c1-14-10-5-6-12(11-10)9-13-7-8-15(2,3)4/h5-6H,7-9H2,1-4H3. The Morgan fingerprint density at radius 1 is 1.47 bits per heavy atom. The van der Waals surface area contributed by atoms with Crippen molar-refractivity contribution in [3.8, 4) is 0 Å². The van der Waals surface area contributed by atoms with E-state index >= 15 is 0 Å². The molecule has 0 bridgehead atoms. The number of nitrogens with zero attached hydrogens (tertiary/aromatic N) is 2. The van der Waals surface area contributed by atoms with Gasteiger partial charge in [0, 0.05) is 20.9 Å². The van der Waals surface area contributed by atoms with Crippen molar-refractivity contribution < 1.29 is 4.74 Å². The van der Waals surface area contributed by atoms with Gasteiger partial charge in [-0.3, -0.25) is 0 Å². The van der Waals surface area contributed by atoms with Crippen LogP contribution in [0.15, 0.2) is 17.3 Å². The van der Waals surface area contributed by atoms with Crippen LogP contribution < -0.4 is 0 Å². The summed E-state index contributed by atoms with van der Waals surface area (Å²) in [6.07, 6.45) is 3.99. The molecule has 0 unspecified atom stereocenters. The van der Waals surface area contributed by atoms with Crippen molar-refractivity contribution in [1.82, 2.24) is 9.78 Å². The molecule has 86 valence electrons. The highest BCUT2D eigenvalue weighted by Crippen LogP contribution is 2.10. The van der Waals surface area contributed by atoms with Gasteiger partial charge in [0.1, 0.15) is 11.8 Å². The highest BCUT2D eigenvalue weighted by molar-refractivity contribution is 7.98. The van der Waals surface area contributed by atoms with Gasteiger partial charge >= 0.3 is 0 Å². The zero-order valence-corrected chi connectivity index (χ0v) is 11.8. The second-order valence-corrected chi connectivity index (χ2v) is 11.2. The lowest BCUT2D eigenvalue weighted by molar-refractivity contribution is 0.0778. The molecule has 0 aliphatic heterocycles. The Hall–Kier alpha value is -0.263. The Kier molecular flexibility index (Phi) is 4.88. The van der Waals surface area contributed by atoms with E-state index in [1.807, 2.05) is 23.2 Å². The maximum absolute atomic E-state index is 5.58. The molecule has 0 radical (unpaired) electrons. The topological polar surface area (TPSA) is 27.1 Å². The maximum Gasteiger partial charge on any atom is 0.139 e. The van der Waals surface area contributed by atoms with Crippen LogP contribution in [-0.2, 0) is 11.5 Å². The second-order valence-electron chi connectivity index (χ2n) is 4.75. The average Bonchev–Trinajstić information content (AvgIpc) is 2.59. The maximum atomic E-state index is 5.58. The summed E-state index contributed by atoms with van der Waals surface area (Å²) < 4.78 is 7.42. The van der Waals surface area contributed by atoms with Gasteiger partial charge in [0.05, 0.1) is 0 Å². The number of ether oxygens (including phenoxy) is 1. The van der Waals surface area contributed by atoms with Gasteiger partial charge in [0.15, 0.2) is 0 Å². The van der Waals surface area contributed by atoms with E-state index in [9.17, 15) is 0 Å². The van der Waals surface area contributed by atoms with Gasteiger partial charge in [0.2, 0.25) is 0 Å². The zero-order valence-electron chi connectivity index (χ0n) is 9.99. The van der Waals surface area contributed by atoms with E-state index in [4.69, 9.17) is 4.74 Å². The lowest BCUT2D eigenvalue weighted by Crippen LogP contribution is -2.22. The van der Waals surface area contributed by atoms with Gasteiger partial charge in [-0.2, -0.15) is 5.10 Å². The van der Waals surface area contributed by atoms with Crippen LogP contribution in [0.4, 0.5) is 0 Å². The third-order valence-corrected chi connectivity index (χ3v) is 4.39. The lowest BCUT2D eigenvalue weighted by Gasteiger charge is -2.15. The third kappa shape index (κ3) is 5.39. The fraction of sp³-hybridized carbons (Fsp3) is 0.700. The molecule has 0 saturated carbocycles. The SMILES string of the molecule is CSc1ccn(COCC[Si](C)(C)C)n1. The summed E-state index contributed by atoms with van der Waals surface area (Å²) in [5.41, 5.74) is 0. The molecule has 1 heterocycles. The van der Waals surface area contributed by atoms with Gasteiger partial charge in [-0.05, 0) is 18.4 Å². The number of hydrogen-bond acceptors (Lipinski definition) is 3. The van der Waals surface area contributed by atoms with Gasteiger partial charge in [-0.25, -0.2) is 4.68 Å². The first-order chi connectivity index (χ1) is 7.01. The molecule has 1 rings (SSSR count). The highest BCUT2D eigenvalue weighted by Gasteiger charge is 2.11. The normalized spacial score (nSPS) is 12.0. The van der Waals surface area contributed by atoms with Gasteiger partial charge in [-0.15, -0.1) is 11.8 Å². The van der Waals surface area contributed by atoms with Crippen LogP contribution in [0.5, 0.6) is 0 Å². The minimum absolute atomic E-state index is 0.574. The van der Waals surface area contributed by atoms with Crippen molar-refractivity contribution in [2.24, 2.45) is 0 Å². The Morgan fingerprint density at radius 2 is 2.20 bits per heavy atom. The van der Waals surface area contributed by atoms with Gasteiger partial charge < -0.3 is 4.74 Å². The molecule has 0 saturated heterocycles. The van der Waals surface area contributed by atoms with E-state index in [0.29, 0.717) is 6.73 Å². The lowest BCUT2D eigenvalue weighted by atomic mass is 10.7. The first kappa shape index (κ1) is 12.8. The van der Waals surface area contributed by atoms with Gasteiger partial charge in [-0.1, -0.05) is 19.6 Å². The Labute approximate surface area is 97.2 Å². The van der Waals surface area contributed by atoms with E-state index in [2.05, 4.69) is 24.7 Å². The summed E-state index contributed by atoms with van der Waals surface area (Å²) in [6, 6.07) is 3.22. The third-order valence-electron chi connectivity index (χ3n) is 2.05.